The van der Waals surface area contributed by atoms with Gasteiger partial charge in [-0.3, -0.25) is 4.57 Å². The van der Waals surface area contributed by atoms with Gasteiger partial charge in [-0.05, 0) is 57.5 Å². The monoisotopic (exact) mass is 482 g/mol. The second kappa shape index (κ2) is 7.81. The molecule has 0 amide bonds. The third kappa shape index (κ3) is 3.34. The van der Waals surface area contributed by atoms with Crippen molar-refractivity contribution in [2.45, 2.75) is 27.7 Å². The molecule has 0 N–H and O–H groups in total. The Hall–Kier alpha value is -1.62. The molecular weight excluding hydrogens is 464 g/mol. The lowest BCUT2D eigenvalue weighted by atomic mass is 10.0. The Morgan fingerprint density at radius 2 is 1.40 bits per heavy atom. The van der Waals surface area contributed by atoms with Crippen LogP contribution in [-0.2, 0) is 4.57 Å². The summed E-state index contributed by atoms with van der Waals surface area (Å²) < 4.78 is 14.3. The van der Waals surface area contributed by atoms with Crippen LogP contribution in [0.1, 0.15) is 19.5 Å². The summed E-state index contributed by atoms with van der Waals surface area (Å²) in [5.41, 5.74) is 5.15. The average Bonchev–Trinajstić information content (AvgIpc) is 3.44. The first-order chi connectivity index (χ1) is 14.5. The molecule has 0 atom stereocenters. The fourth-order valence-corrected chi connectivity index (χ4v) is 9.17. The van der Waals surface area contributed by atoms with Crippen molar-refractivity contribution >= 4 is 68.5 Å². The van der Waals surface area contributed by atoms with Gasteiger partial charge in [0.05, 0.1) is 10.0 Å². The van der Waals surface area contributed by atoms with Gasteiger partial charge in [-0.25, -0.2) is 0 Å². The molecule has 4 aromatic heterocycles. The molecule has 150 valence electrons. The fraction of sp³-hybridized carbons (Fsp3) is 0.167. The summed E-state index contributed by atoms with van der Waals surface area (Å²) in [7, 11) is 0.0693. The van der Waals surface area contributed by atoms with Crippen LogP contribution in [0.15, 0.2) is 42.5 Å². The summed E-state index contributed by atoms with van der Waals surface area (Å²) in [6.45, 7) is 8.83. The molecule has 5 rings (SSSR count). The van der Waals surface area contributed by atoms with Gasteiger partial charge in [0.25, 0.3) is 0 Å². The van der Waals surface area contributed by atoms with Gasteiger partial charge in [0.2, 0.25) is 0 Å². The Morgan fingerprint density at radius 3 is 2.03 bits per heavy atom. The van der Waals surface area contributed by atoms with Crippen molar-refractivity contribution in [3.8, 4) is 32.0 Å². The van der Waals surface area contributed by atoms with Gasteiger partial charge < -0.3 is 0 Å². The lowest BCUT2D eigenvalue weighted by Crippen LogP contribution is -1.94. The largest absolute Gasteiger partial charge is 0.269 e. The van der Waals surface area contributed by atoms with Crippen molar-refractivity contribution < 1.29 is 4.57 Å². The first-order valence-electron chi connectivity index (χ1n) is 9.60. The minimum Gasteiger partial charge on any atom is -0.269 e. The van der Waals surface area contributed by atoms with Crippen LogP contribution in [0.4, 0.5) is 0 Å². The van der Waals surface area contributed by atoms with E-state index in [2.05, 4.69) is 52.0 Å². The topological polar surface area (TPSA) is 17.1 Å². The highest BCUT2D eigenvalue weighted by molar-refractivity contribution is 7.35. The van der Waals surface area contributed by atoms with Gasteiger partial charge in [0.15, 0.2) is 8.46 Å². The smallest absolute Gasteiger partial charge is 0.192 e. The maximum absolute atomic E-state index is 11.7. The van der Waals surface area contributed by atoms with Crippen LogP contribution in [0.2, 0.25) is 0 Å². The maximum atomic E-state index is 11.7. The van der Waals surface area contributed by atoms with Crippen LogP contribution in [0.5, 0.6) is 0 Å². The van der Waals surface area contributed by atoms with Gasteiger partial charge in [0.1, 0.15) is 0 Å². The summed E-state index contributed by atoms with van der Waals surface area (Å²) in [6, 6.07) is 14.9. The molecule has 0 aliphatic carbocycles. The van der Waals surface area contributed by atoms with E-state index < -0.39 is 0 Å². The van der Waals surface area contributed by atoms with E-state index >= 15 is 0 Å². The van der Waals surface area contributed by atoms with Gasteiger partial charge in [-0.1, -0.05) is 18.2 Å². The molecule has 5 aromatic rings. The van der Waals surface area contributed by atoms with Crippen molar-refractivity contribution in [2.24, 2.45) is 0 Å². The molecule has 1 aromatic carbocycles. The molecule has 0 fully saturated rings. The van der Waals surface area contributed by atoms with Crippen molar-refractivity contribution in [3.63, 3.8) is 0 Å². The molecule has 30 heavy (non-hydrogen) atoms. The molecule has 0 bridgehead atoms. The van der Waals surface area contributed by atoms with E-state index in [9.17, 15) is 4.57 Å². The quantitative estimate of drug-likeness (QED) is 0.233. The van der Waals surface area contributed by atoms with Crippen molar-refractivity contribution in [3.05, 3.63) is 62.0 Å². The van der Waals surface area contributed by atoms with Gasteiger partial charge in [-0.2, -0.15) is 0 Å². The number of fused-ring (bicyclic) bond motifs is 1. The highest BCUT2D eigenvalue weighted by atomic mass is 32.1. The van der Waals surface area contributed by atoms with Crippen molar-refractivity contribution in [1.29, 1.82) is 0 Å². The summed E-state index contributed by atoms with van der Waals surface area (Å²) in [5, 5.41) is 0.847. The molecule has 0 radical (unpaired) electrons. The minimum atomic E-state index is 0.0693. The minimum absolute atomic E-state index is 0.0693. The average molecular weight is 483 g/mol. The molecule has 0 unspecified atom stereocenters. The summed E-state index contributed by atoms with van der Waals surface area (Å²) in [5.74, 6) is 0. The highest BCUT2D eigenvalue weighted by Gasteiger charge is 2.23. The third-order valence-electron chi connectivity index (χ3n) is 5.23. The van der Waals surface area contributed by atoms with E-state index in [0.29, 0.717) is 0 Å². The Bertz CT molecular complexity index is 1410. The highest BCUT2D eigenvalue weighted by Crippen LogP contribution is 2.52. The number of hydrogen-bond donors (Lipinski definition) is 0. The second-order valence-electron chi connectivity index (χ2n) is 7.37. The van der Waals surface area contributed by atoms with E-state index in [1.807, 2.05) is 63.5 Å². The zero-order chi connectivity index (χ0) is 21.0. The molecule has 4 heterocycles. The lowest BCUT2D eigenvalue weighted by molar-refractivity contribution is 0.603. The molecule has 0 saturated heterocycles. The molecule has 0 aliphatic rings. The van der Waals surface area contributed by atoms with E-state index in [4.69, 9.17) is 0 Å². The van der Waals surface area contributed by atoms with Crippen molar-refractivity contribution in [2.75, 3.05) is 0 Å². The van der Waals surface area contributed by atoms with E-state index in [-0.39, 0.29) is 8.46 Å². The molecule has 0 spiro atoms. The number of aryl methyl sites for hydroxylation is 4. The van der Waals surface area contributed by atoms with Crippen molar-refractivity contribution in [1.82, 2.24) is 0 Å². The Labute approximate surface area is 193 Å². The molecule has 0 aliphatic heterocycles. The van der Waals surface area contributed by atoms with Crippen LogP contribution in [-0.4, -0.2) is 0 Å². The first kappa shape index (κ1) is 20.3. The van der Waals surface area contributed by atoms with Gasteiger partial charge in [-0.15, -0.1) is 45.3 Å². The van der Waals surface area contributed by atoms with E-state index in [0.717, 1.165) is 10.9 Å². The summed E-state index contributed by atoms with van der Waals surface area (Å²) in [4.78, 5) is 8.01. The SMILES string of the molecule is Cc1cc(-c2sc3cc(-c4ccccc4P=O)sc3c2-c2cc(C)sc2C)c(C)s1. The first-order valence-corrected chi connectivity index (χ1v) is 13.7. The fourth-order valence-electron chi connectivity index (χ4n) is 3.95. The number of rotatable bonds is 4. The molecule has 1 nitrogen and oxygen atoms in total. The van der Waals surface area contributed by atoms with Crippen LogP contribution < -0.4 is 5.30 Å². The zero-order valence-electron chi connectivity index (χ0n) is 17.0. The molecular formula is C24H19OPS4. The Morgan fingerprint density at radius 1 is 0.733 bits per heavy atom. The van der Waals surface area contributed by atoms with E-state index in [1.165, 1.54) is 55.4 Å². The van der Waals surface area contributed by atoms with E-state index in [1.54, 1.807) is 0 Å². The standard InChI is InChI=1S/C24H19OPS4/c1-12-9-17(14(3)27-12)22-23(18-10-13(2)28-15(18)4)30-21-11-20(29-24(21)22)16-7-5-6-8-19(16)26-25/h5-11H,1-4H3. The van der Waals surface area contributed by atoms with Crippen LogP contribution in [0.25, 0.3) is 41.4 Å². The second-order valence-corrected chi connectivity index (χ2v) is 13.1. The van der Waals surface area contributed by atoms with Crippen LogP contribution in [0.3, 0.4) is 0 Å². The normalized spacial score (nSPS) is 11.7. The zero-order valence-corrected chi connectivity index (χ0v) is 21.2. The van der Waals surface area contributed by atoms with Gasteiger partial charge in [0, 0.05) is 50.7 Å². The van der Waals surface area contributed by atoms with Gasteiger partial charge >= 0.3 is 0 Å². The number of hydrogen-bond acceptors (Lipinski definition) is 5. The number of thiophene rings is 4. The lowest BCUT2D eigenvalue weighted by Gasteiger charge is -2.05. The molecule has 0 saturated carbocycles. The Balaban J connectivity index is 1.81. The summed E-state index contributed by atoms with van der Waals surface area (Å²) in [6.07, 6.45) is 0. The predicted octanol–water partition coefficient (Wildman–Crippen LogP) is 9.24. The Kier molecular flexibility index (Phi) is 5.29. The third-order valence-corrected chi connectivity index (χ3v) is 10.2. The maximum Gasteiger partial charge on any atom is 0.192 e. The van der Waals surface area contributed by atoms with Crippen LogP contribution in [0, 0.1) is 27.7 Å². The summed E-state index contributed by atoms with van der Waals surface area (Å²) >= 11 is 7.45. The van der Waals surface area contributed by atoms with Crippen LogP contribution >= 0.6 is 53.8 Å². The molecule has 6 heteroatoms. The predicted molar refractivity (Wildman–Crippen MR) is 138 cm³/mol. The number of benzene rings is 1.